The molecule has 0 aromatic rings. The van der Waals surface area contributed by atoms with Gasteiger partial charge in [0.05, 0.1) is 0 Å². The molecule has 4 nitrogen and oxygen atoms in total. The van der Waals surface area contributed by atoms with Crippen molar-refractivity contribution in [2.24, 2.45) is 0 Å². The average Bonchev–Trinajstić information content (AvgIpc) is 0.722. The standard InChI is InChI=1S/H2O4S.2Rh/c1-5(2,3)4;;/h(H2,1,2,3,4);;/q;2*+2/p-2. The Kier molecular flexibility index (Phi) is 11.8. The van der Waals surface area contributed by atoms with Crippen molar-refractivity contribution in [3.05, 3.63) is 0 Å². The molecule has 0 aliphatic heterocycles. The van der Waals surface area contributed by atoms with E-state index in [2.05, 4.69) is 0 Å². The minimum atomic E-state index is -5.17. The van der Waals surface area contributed by atoms with E-state index in [1.165, 1.54) is 0 Å². The summed E-state index contributed by atoms with van der Waals surface area (Å²) in [5.74, 6) is 0. The molecule has 7 heteroatoms. The van der Waals surface area contributed by atoms with Gasteiger partial charge in [-0.25, -0.2) is 0 Å². The summed E-state index contributed by atoms with van der Waals surface area (Å²) in [6.45, 7) is 0. The Morgan fingerprint density at radius 1 is 1.00 bits per heavy atom. The fraction of sp³-hybridized carbons (Fsp3) is 0. The summed E-state index contributed by atoms with van der Waals surface area (Å²) in [4.78, 5) is 0. The minimum Gasteiger partial charge on any atom is -0.759 e. The third-order valence-corrected chi connectivity index (χ3v) is 0. The maximum atomic E-state index is 8.52. The number of hydrogen-bond donors (Lipinski definition) is 0. The van der Waals surface area contributed by atoms with Crippen LogP contribution in [0.3, 0.4) is 0 Å². The molecule has 0 spiro atoms. The van der Waals surface area contributed by atoms with Crippen LogP contribution in [0.15, 0.2) is 0 Å². The van der Waals surface area contributed by atoms with Crippen LogP contribution in [0, 0.1) is 0 Å². The van der Waals surface area contributed by atoms with Crippen molar-refractivity contribution in [3.63, 3.8) is 0 Å². The number of hydrogen-bond acceptors (Lipinski definition) is 4. The van der Waals surface area contributed by atoms with Gasteiger partial charge in [-0.3, -0.25) is 8.42 Å². The van der Waals surface area contributed by atoms with Crippen LogP contribution < -0.4 is 0 Å². The van der Waals surface area contributed by atoms with Gasteiger partial charge in [-0.2, -0.15) is 0 Å². The Labute approximate surface area is 66.8 Å². The molecule has 0 fully saturated rings. The molecule has 0 N–H and O–H groups in total. The second kappa shape index (κ2) is 5.26. The predicted octanol–water partition coefficient (Wildman–Crippen LogP) is -1.34. The van der Waals surface area contributed by atoms with Crippen molar-refractivity contribution in [1.29, 1.82) is 0 Å². The average molecular weight is 302 g/mol. The summed E-state index contributed by atoms with van der Waals surface area (Å²) in [6.07, 6.45) is 0. The second-order valence-corrected chi connectivity index (χ2v) is 1.22. The van der Waals surface area contributed by atoms with E-state index < -0.39 is 10.4 Å². The van der Waals surface area contributed by atoms with E-state index in [0.717, 1.165) is 0 Å². The molecule has 0 aromatic carbocycles. The molecule has 0 aromatic heterocycles. The van der Waals surface area contributed by atoms with E-state index in [-0.39, 0.29) is 39.0 Å². The fourth-order valence-corrected chi connectivity index (χ4v) is 0. The van der Waals surface area contributed by atoms with Gasteiger partial charge in [0.2, 0.25) is 0 Å². The molecule has 0 bridgehead atoms. The summed E-state index contributed by atoms with van der Waals surface area (Å²) in [7, 11) is -5.17. The Morgan fingerprint density at radius 2 is 1.00 bits per heavy atom. The van der Waals surface area contributed by atoms with Gasteiger partial charge in [0, 0.05) is 10.4 Å². The van der Waals surface area contributed by atoms with Crippen LogP contribution in [-0.2, 0) is 49.4 Å². The Morgan fingerprint density at radius 3 is 1.00 bits per heavy atom. The summed E-state index contributed by atoms with van der Waals surface area (Å²) < 4.78 is 34.1. The van der Waals surface area contributed by atoms with Crippen LogP contribution in [0.4, 0.5) is 0 Å². The first-order valence-corrected chi connectivity index (χ1v) is 2.00. The first-order chi connectivity index (χ1) is 2.00. The van der Waals surface area contributed by atoms with Gasteiger partial charge in [0.25, 0.3) is 0 Å². The monoisotopic (exact) mass is 302 g/mol. The van der Waals surface area contributed by atoms with Crippen molar-refractivity contribution in [1.82, 2.24) is 0 Å². The topological polar surface area (TPSA) is 80.3 Å². The zero-order valence-electron chi connectivity index (χ0n) is 2.71. The van der Waals surface area contributed by atoms with Crippen molar-refractivity contribution >= 4 is 10.4 Å². The van der Waals surface area contributed by atoms with Crippen LogP contribution in [0.2, 0.25) is 0 Å². The molecule has 0 amide bonds. The van der Waals surface area contributed by atoms with Gasteiger partial charge in [0.1, 0.15) is 0 Å². The molecule has 0 aliphatic carbocycles. The van der Waals surface area contributed by atoms with Crippen LogP contribution in [0.5, 0.6) is 0 Å². The predicted molar refractivity (Wildman–Crippen MR) is 10.5 cm³/mol. The molecule has 0 aliphatic rings. The third-order valence-electron chi connectivity index (χ3n) is 0. The fourth-order valence-electron chi connectivity index (χ4n) is 0. The molecule has 0 atom stereocenters. The van der Waals surface area contributed by atoms with Crippen LogP contribution in [0.25, 0.3) is 0 Å². The van der Waals surface area contributed by atoms with E-state index in [1.54, 1.807) is 0 Å². The van der Waals surface area contributed by atoms with Crippen LogP contribution in [-0.4, -0.2) is 17.5 Å². The second-order valence-electron chi connectivity index (χ2n) is 0.408. The van der Waals surface area contributed by atoms with Crippen molar-refractivity contribution in [3.8, 4) is 0 Å². The van der Waals surface area contributed by atoms with Gasteiger partial charge in [-0.1, -0.05) is 0 Å². The van der Waals surface area contributed by atoms with Gasteiger partial charge in [-0.05, 0) is 0 Å². The molecular formula is O4Rh2S+2. The summed E-state index contributed by atoms with van der Waals surface area (Å²) in [5, 5.41) is 0. The summed E-state index contributed by atoms with van der Waals surface area (Å²) in [5.41, 5.74) is 0. The normalized spacial score (nSPS) is 8.29. The van der Waals surface area contributed by atoms with Gasteiger partial charge < -0.3 is 9.11 Å². The quantitative estimate of drug-likeness (QED) is 0.315. The SMILES string of the molecule is O=S(=O)([O-])[O-].[Rh+2].[Rh+2]. The maximum Gasteiger partial charge on any atom is 2.00 e. The Bertz CT molecular complexity index is 92.9. The largest absolute Gasteiger partial charge is 2.00 e. The van der Waals surface area contributed by atoms with E-state index in [4.69, 9.17) is 17.5 Å². The zero-order valence-corrected chi connectivity index (χ0v) is 6.80. The molecule has 46 valence electrons. The summed E-state index contributed by atoms with van der Waals surface area (Å²) in [6, 6.07) is 0. The summed E-state index contributed by atoms with van der Waals surface area (Å²) >= 11 is 0. The van der Waals surface area contributed by atoms with E-state index >= 15 is 0 Å². The van der Waals surface area contributed by atoms with Crippen LogP contribution in [0.1, 0.15) is 0 Å². The van der Waals surface area contributed by atoms with Crippen molar-refractivity contribution in [2.75, 3.05) is 0 Å². The third kappa shape index (κ3) is 149. The van der Waals surface area contributed by atoms with Gasteiger partial charge in [-0.15, -0.1) is 0 Å². The van der Waals surface area contributed by atoms with Gasteiger partial charge in [0.15, 0.2) is 0 Å². The number of rotatable bonds is 0. The smallest absolute Gasteiger partial charge is 0.759 e. The molecule has 7 heavy (non-hydrogen) atoms. The van der Waals surface area contributed by atoms with Crippen molar-refractivity contribution in [2.45, 2.75) is 0 Å². The van der Waals surface area contributed by atoms with Crippen molar-refractivity contribution < 1.29 is 56.5 Å². The Hall–Kier alpha value is 1.12. The first-order valence-electron chi connectivity index (χ1n) is 0.667. The Balaban J connectivity index is -0.0000000800. The van der Waals surface area contributed by atoms with Gasteiger partial charge >= 0.3 is 39.0 Å². The van der Waals surface area contributed by atoms with Crippen LogP contribution >= 0.6 is 0 Å². The van der Waals surface area contributed by atoms with E-state index in [0.29, 0.717) is 0 Å². The molecule has 2 radical (unpaired) electrons. The minimum absolute atomic E-state index is 0. The van der Waals surface area contributed by atoms with E-state index in [9.17, 15) is 0 Å². The zero-order chi connectivity index (χ0) is 4.50. The molecule has 0 saturated heterocycles. The van der Waals surface area contributed by atoms with E-state index in [1.807, 2.05) is 0 Å². The molecule has 0 rings (SSSR count). The maximum absolute atomic E-state index is 8.52. The molecular weight excluding hydrogens is 302 g/mol. The molecule has 0 heterocycles. The molecule has 0 unspecified atom stereocenters. The molecule has 0 saturated carbocycles. The first kappa shape index (κ1) is 15.7.